The molecule has 0 spiro atoms. The molecule has 1 fully saturated rings. The molecule has 1 aliphatic heterocycles. The molecule has 3 heterocycles. The Kier molecular flexibility index (Phi) is 7.18. The highest BCUT2D eigenvalue weighted by Crippen LogP contribution is 2.30. The number of imidazole rings is 1. The molecule has 174 valence electrons. The summed E-state index contributed by atoms with van der Waals surface area (Å²) in [6, 6.07) is 6.74. The van der Waals surface area contributed by atoms with E-state index in [0.29, 0.717) is 29.9 Å². The number of hydrogen-bond donors (Lipinski definition) is 3. The first-order valence-corrected chi connectivity index (χ1v) is 11.0. The van der Waals surface area contributed by atoms with E-state index in [-0.39, 0.29) is 16.7 Å². The minimum absolute atomic E-state index is 0.0713. The highest BCUT2D eigenvalue weighted by Gasteiger charge is 2.25. The number of nitrogens with zero attached hydrogens (tertiary/aromatic N) is 6. The number of rotatable bonds is 8. The molecule has 0 bridgehead atoms. The van der Waals surface area contributed by atoms with Crippen LogP contribution >= 0.6 is 11.6 Å². The van der Waals surface area contributed by atoms with Crippen LogP contribution in [-0.4, -0.2) is 86.8 Å². The van der Waals surface area contributed by atoms with Gasteiger partial charge in [0.25, 0.3) is 6.43 Å². The largest absolute Gasteiger partial charge is 0.437 e. The molecule has 1 saturated heterocycles. The third kappa shape index (κ3) is 4.98. The maximum absolute atomic E-state index is 13.8. The molecular weight excluding hydrogens is 453 g/mol. The maximum atomic E-state index is 13.8. The number of nitrogens with one attached hydrogen (secondary N) is 2. The highest BCUT2D eigenvalue weighted by atomic mass is 35.5. The van der Waals surface area contributed by atoms with Crippen LogP contribution in [0.1, 0.15) is 17.8 Å². The molecule has 13 heteroatoms. The van der Waals surface area contributed by atoms with Crippen LogP contribution in [-0.2, 0) is 0 Å². The van der Waals surface area contributed by atoms with Gasteiger partial charge in [-0.15, -0.1) is 0 Å². The molecule has 33 heavy (non-hydrogen) atoms. The van der Waals surface area contributed by atoms with Gasteiger partial charge in [0.1, 0.15) is 5.82 Å². The Bertz CT molecular complexity index is 1140. The lowest BCUT2D eigenvalue weighted by atomic mass is 9.84. The Labute approximate surface area is 195 Å². The fraction of sp³-hybridized carbons (Fsp3) is 0.400. The molecule has 2 aromatic heterocycles. The van der Waals surface area contributed by atoms with Gasteiger partial charge in [-0.1, -0.05) is 12.1 Å². The van der Waals surface area contributed by atoms with Crippen molar-refractivity contribution < 1.29 is 13.8 Å². The van der Waals surface area contributed by atoms with Crippen molar-refractivity contribution in [3.8, 4) is 5.82 Å². The fourth-order valence-electron chi connectivity index (χ4n) is 3.98. The third-order valence-corrected chi connectivity index (χ3v) is 5.86. The standard InChI is InChI=1S/C20H24BClF2N8O/c1-21(33)31-10-8-30(9-11-31)7-6-26-17-13(12-25)18(29-20(22)28-17)32-15-5-3-2-4-14(15)27-19(32)16(23)24/h2-5,12,16,25,33H,6-11H2,1H3,(H,26,28,29). The van der Waals surface area contributed by atoms with E-state index in [2.05, 4.69) is 25.2 Å². The summed E-state index contributed by atoms with van der Waals surface area (Å²) in [7, 11) is -0.459. The van der Waals surface area contributed by atoms with Crippen molar-refractivity contribution in [2.75, 3.05) is 44.6 Å². The minimum atomic E-state index is -2.85. The third-order valence-electron chi connectivity index (χ3n) is 5.69. The number of alkyl halides is 2. The van der Waals surface area contributed by atoms with Gasteiger partial charge < -0.3 is 20.6 Å². The maximum Gasteiger partial charge on any atom is 0.376 e. The summed E-state index contributed by atoms with van der Waals surface area (Å²) in [6.07, 6.45) is -1.82. The lowest BCUT2D eigenvalue weighted by Crippen LogP contribution is -2.52. The number of hydrogen-bond acceptors (Lipinski definition) is 8. The predicted molar refractivity (Wildman–Crippen MR) is 125 cm³/mol. The summed E-state index contributed by atoms with van der Waals surface area (Å²) in [5.41, 5.74) is 1.07. The van der Waals surface area contributed by atoms with E-state index in [1.54, 1.807) is 31.1 Å². The van der Waals surface area contributed by atoms with Crippen molar-refractivity contribution in [3.63, 3.8) is 0 Å². The predicted octanol–water partition coefficient (Wildman–Crippen LogP) is 2.54. The van der Waals surface area contributed by atoms with E-state index < -0.39 is 19.3 Å². The van der Waals surface area contributed by atoms with Gasteiger partial charge in [0.05, 0.1) is 16.6 Å². The van der Waals surface area contributed by atoms with Crippen molar-refractivity contribution >= 4 is 41.7 Å². The second-order valence-corrected chi connectivity index (χ2v) is 8.09. The Morgan fingerprint density at radius 2 is 1.94 bits per heavy atom. The molecule has 3 N–H and O–H groups in total. The summed E-state index contributed by atoms with van der Waals surface area (Å²) in [5, 5.41) is 20.7. The van der Waals surface area contributed by atoms with Crippen LogP contribution in [0.3, 0.4) is 0 Å². The fourth-order valence-corrected chi connectivity index (χ4v) is 4.14. The van der Waals surface area contributed by atoms with Crippen LogP contribution in [0.15, 0.2) is 24.3 Å². The normalized spacial score (nSPS) is 15.3. The van der Waals surface area contributed by atoms with E-state index in [1.807, 2.05) is 4.81 Å². The zero-order valence-corrected chi connectivity index (χ0v) is 18.8. The van der Waals surface area contributed by atoms with Gasteiger partial charge >= 0.3 is 7.05 Å². The van der Waals surface area contributed by atoms with E-state index in [4.69, 9.17) is 17.0 Å². The Morgan fingerprint density at radius 3 is 2.61 bits per heavy atom. The zero-order valence-electron chi connectivity index (χ0n) is 18.0. The van der Waals surface area contributed by atoms with Crippen molar-refractivity contribution in [1.29, 1.82) is 5.41 Å². The summed E-state index contributed by atoms with van der Waals surface area (Å²) < 4.78 is 28.9. The second kappa shape index (κ2) is 10.1. The van der Waals surface area contributed by atoms with E-state index in [1.165, 1.54) is 4.57 Å². The molecule has 9 nitrogen and oxygen atoms in total. The lowest BCUT2D eigenvalue weighted by molar-refractivity contribution is 0.139. The quantitative estimate of drug-likeness (QED) is 0.261. The first-order chi connectivity index (χ1) is 15.9. The first-order valence-electron chi connectivity index (χ1n) is 10.6. The van der Waals surface area contributed by atoms with Crippen LogP contribution in [0.5, 0.6) is 0 Å². The average Bonchev–Trinajstić information content (AvgIpc) is 3.19. The molecule has 0 aliphatic carbocycles. The van der Waals surface area contributed by atoms with Gasteiger partial charge in [-0.3, -0.25) is 9.47 Å². The minimum Gasteiger partial charge on any atom is -0.437 e. The molecule has 0 unspecified atom stereocenters. The monoisotopic (exact) mass is 476 g/mol. The van der Waals surface area contributed by atoms with Gasteiger partial charge in [0, 0.05) is 45.5 Å². The van der Waals surface area contributed by atoms with Crippen LogP contribution in [0.4, 0.5) is 14.6 Å². The van der Waals surface area contributed by atoms with Crippen LogP contribution in [0.25, 0.3) is 16.9 Å². The number of halogens is 3. The van der Waals surface area contributed by atoms with E-state index >= 15 is 0 Å². The molecule has 4 rings (SSSR count). The number of fused-ring (bicyclic) bond motifs is 1. The number of para-hydroxylation sites is 2. The summed E-state index contributed by atoms with van der Waals surface area (Å²) in [5.74, 6) is -0.112. The molecule has 0 saturated carbocycles. The summed E-state index contributed by atoms with van der Waals surface area (Å²) >= 11 is 6.15. The van der Waals surface area contributed by atoms with Gasteiger partial charge in [-0.25, -0.2) is 13.8 Å². The van der Waals surface area contributed by atoms with Crippen LogP contribution < -0.4 is 5.32 Å². The van der Waals surface area contributed by atoms with Gasteiger partial charge in [-0.05, 0) is 30.6 Å². The van der Waals surface area contributed by atoms with Gasteiger partial charge in [0.15, 0.2) is 11.6 Å². The Balaban J connectivity index is 1.59. The highest BCUT2D eigenvalue weighted by molar-refractivity contribution is 6.45. The van der Waals surface area contributed by atoms with E-state index in [9.17, 15) is 13.8 Å². The zero-order chi connectivity index (χ0) is 23.5. The molecule has 3 aromatic rings. The van der Waals surface area contributed by atoms with E-state index in [0.717, 1.165) is 32.4 Å². The Morgan fingerprint density at radius 1 is 1.21 bits per heavy atom. The number of piperazine rings is 1. The molecule has 0 radical (unpaired) electrons. The lowest BCUT2D eigenvalue weighted by Gasteiger charge is -2.35. The number of benzene rings is 1. The first kappa shape index (κ1) is 23.5. The van der Waals surface area contributed by atoms with Crippen molar-refractivity contribution in [1.82, 2.24) is 29.2 Å². The number of anilines is 1. The molecule has 0 amide bonds. The molecule has 1 aromatic carbocycles. The van der Waals surface area contributed by atoms with Crippen LogP contribution in [0.2, 0.25) is 12.1 Å². The summed E-state index contributed by atoms with van der Waals surface area (Å²) in [6.45, 7) is 6.16. The average molecular weight is 477 g/mol. The second-order valence-electron chi connectivity index (χ2n) is 7.75. The molecular formula is C20H24BClF2N8O. The molecule has 1 aliphatic rings. The van der Waals surface area contributed by atoms with Crippen molar-refractivity contribution in [2.24, 2.45) is 0 Å². The molecule has 0 atom stereocenters. The smallest absolute Gasteiger partial charge is 0.376 e. The Hall–Kier alpha value is -2.67. The van der Waals surface area contributed by atoms with Gasteiger partial charge in [-0.2, -0.15) is 9.97 Å². The van der Waals surface area contributed by atoms with Crippen molar-refractivity contribution in [2.45, 2.75) is 13.2 Å². The van der Waals surface area contributed by atoms with Crippen molar-refractivity contribution in [3.05, 3.63) is 40.9 Å². The summed E-state index contributed by atoms with van der Waals surface area (Å²) in [4.78, 5) is 16.7. The van der Waals surface area contributed by atoms with Gasteiger partial charge in [0.2, 0.25) is 5.28 Å². The van der Waals surface area contributed by atoms with Crippen LogP contribution in [0, 0.1) is 5.41 Å². The number of aromatic nitrogens is 4. The topological polar surface area (TPSA) is 106 Å². The SMILES string of the molecule is CB(O)N1CCN(CCNc2nc(Cl)nc(-n3c(C(F)F)nc4ccccc43)c2C=N)CC1.